The third-order valence-corrected chi connectivity index (χ3v) is 9.27. The summed E-state index contributed by atoms with van der Waals surface area (Å²) in [5.74, 6) is 5.00. The number of allylic oxidation sites excluding steroid dienone is 1. The van der Waals surface area contributed by atoms with E-state index in [1.165, 1.54) is 51.4 Å². The molecule has 0 radical (unpaired) electrons. The maximum atomic E-state index is 3.54. The summed E-state index contributed by atoms with van der Waals surface area (Å²) in [4.78, 5) is 2.14. The van der Waals surface area contributed by atoms with Crippen LogP contribution in [0.2, 0.25) is 0 Å². The first-order valence-electron chi connectivity index (χ1n) is 9.86. The zero-order valence-electron chi connectivity index (χ0n) is 14.5. The summed E-state index contributed by atoms with van der Waals surface area (Å²) in [6.45, 7) is 5.33. The van der Waals surface area contributed by atoms with Crippen molar-refractivity contribution in [2.75, 3.05) is 0 Å². The first kappa shape index (κ1) is 15.7. The normalized spacial score (nSPS) is 54.8. The molecule has 0 nitrogen and oxygen atoms in total. The molecular formula is C21H33Br. The van der Waals surface area contributed by atoms with E-state index in [1.807, 2.05) is 0 Å². The second-order valence-corrected chi connectivity index (χ2v) is 9.98. The van der Waals surface area contributed by atoms with Gasteiger partial charge in [-0.3, -0.25) is 0 Å². The highest BCUT2D eigenvalue weighted by molar-refractivity contribution is 9.11. The topological polar surface area (TPSA) is 0 Å². The predicted octanol–water partition coefficient (Wildman–Crippen LogP) is 6.94. The molecule has 0 aromatic rings. The minimum absolute atomic E-state index is 0.600. The summed E-state index contributed by atoms with van der Waals surface area (Å²) in [5, 5.41) is 0. The van der Waals surface area contributed by atoms with Crippen LogP contribution in [0.1, 0.15) is 78.1 Å². The fourth-order valence-corrected chi connectivity index (χ4v) is 8.11. The van der Waals surface area contributed by atoms with Crippen LogP contribution < -0.4 is 0 Å². The van der Waals surface area contributed by atoms with Gasteiger partial charge in [-0.15, -0.1) is 0 Å². The largest absolute Gasteiger partial charge is 0.0739 e. The fourth-order valence-electron chi connectivity index (χ4n) is 7.74. The Morgan fingerprint density at radius 1 is 0.818 bits per heavy atom. The average molecular weight is 365 g/mol. The van der Waals surface area contributed by atoms with Crippen molar-refractivity contribution in [3.8, 4) is 0 Å². The molecule has 22 heavy (non-hydrogen) atoms. The molecule has 0 amide bonds. The molecule has 0 aromatic carbocycles. The first-order chi connectivity index (χ1) is 10.6. The van der Waals surface area contributed by atoms with Crippen LogP contribution in [0.5, 0.6) is 0 Å². The van der Waals surface area contributed by atoms with Crippen LogP contribution in [0.3, 0.4) is 0 Å². The summed E-state index contributed by atoms with van der Waals surface area (Å²) in [7, 11) is 0. The molecule has 4 fully saturated rings. The van der Waals surface area contributed by atoms with Gasteiger partial charge in [0.05, 0.1) is 0 Å². The van der Waals surface area contributed by atoms with Gasteiger partial charge in [-0.1, -0.05) is 48.7 Å². The standard InChI is InChI=1S/C21H33Br/c1-20-12-4-3-5-15(20)6-8-17-18-9-7-16(11-14-22)21(18,2)13-10-19(17)20/h11,14-19H,3-10,12-13H2,1-2H3/t15?,16-,17+,18+,19+,20+,21-/m1/s1. The Balaban J connectivity index is 1.62. The molecule has 0 N–H and O–H groups in total. The molecule has 1 heteroatoms. The van der Waals surface area contributed by atoms with Gasteiger partial charge in [0, 0.05) is 0 Å². The average Bonchev–Trinajstić information content (AvgIpc) is 2.84. The van der Waals surface area contributed by atoms with Gasteiger partial charge < -0.3 is 0 Å². The van der Waals surface area contributed by atoms with Crippen LogP contribution in [0.4, 0.5) is 0 Å². The van der Waals surface area contributed by atoms with Crippen LogP contribution in [-0.4, -0.2) is 0 Å². The van der Waals surface area contributed by atoms with Gasteiger partial charge in [0.25, 0.3) is 0 Å². The first-order valence-corrected chi connectivity index (χ1v) is 10.8. The molecule has 124 valence electrons. The quantitative estimate of drug-likeness (QED) is 0.472. The van der Waals surface area contributed by atoms with Gasteiger partial charge >= 0.3 is 0 Å². The third-order valence-electron chi connectivity index (χ3n) is 8.96. The minimum atomic E-state index is 0.600. The Bertz CT molecular complexity index is 455. The lowest BCUT2D eigenvalue weighted by Gasteiger charge is -2.60. The Morgan fingerprint density at radius 3 is 2.45 bits per heavy atom. The monoisotopic (exact) mass is 364 g/mol. The molecule has 4 aliphatic rings. The summed E-state index contributed by atoms with van der Waals surface area (Å²) in [5.41, 5.74) is 1.30. The van der Waals surface area contributed by atoms with Crippen molar-refractivity contribution in [3.63, 3.8) is 0 Å². The second-order valence-electron chi connectivity index (χ2n) is 9.45. The van der Waals surface area contributed by atoms with E-state index in [2.05, 4.69) is 40.8 Å². The molecule has 0 aromatic heterocycles. The van der Waals surface area contributed by atoms with Gasteiger partial charge in [-0.25, -0.2) is 0 Å². The lowest BCUT2D eigenvalue weighted by molar-refractivity contribution is -0.107. The van der Waals surface area contributed by atoms with Crippen LogP contribution in [0.25, 0.3) is 0 Å². The van der Waals surface area contributed by atoms with Gasteiger partial charge in [0.2, 0.25) is 0 Å². The van der Waals surface area contributed by atoms with Gasteiger partial charge in [-0.05, 0) is 96.8 Å². The number of rotatable bonds is 1. The molecule has 1 unspecified atom stereocenters. The van der Waals surface area contributed by atoms with E-state index in [9.17, 15) is 0 Å². The third kappa shape index (κ3) is 2.13. The molecule has 4 saturated carbocycles. The molecule has 0 aliphatic heterocycles. The Kier molecular flexibility index (Phi) is 4.03. The molecule has 4 aliphatic carbocycles. The molecule has 7 atom stereocenters. The van der Waals surface area contributed by atoms with E-state index < -0.39 is 0 Å². The number of hydrogen-bond acceptors (Lipinski definition) is 0. The predicted molar refractivity (Wildman–Crippen MR) is 97.9 cm³/mol. The molecule has 0 spiro atoms. The second kappa shape index (κ2) is 5.64. The van der Waals surface area contributed by atoms with E-state index in [1.54, 1.807) is 12.8 Å². The van der Waals surface area contributed by atoms with E-state index >= 15 is 0 Å². The van der Waals surface area contributed by atoms with Crippen molar-refractivity contribution < 1.29 is 0 Å². The van der Waals surface area contributed by atoms with Crippen LogP contribution >= 0.6 is 15.9 Å². The highest BCUT2D eigenvalue weighted by Gasteiger charge is 2.59. The van der Waals surface area contributed by atoms with Crippen LogP contribution in [-0.2, 0) is 0 Å². The van der Waals surface area contributed by atoms with Crippen molar-refractivity contribution in [1.29, 1.82) is 0 Å². The van der Waals surface area contributed by atoms with Crippen LogP contribution in [0.15, 0.2) is 11.1 Å². The van der Waals surface area contributed by atoms with E-state index in [0.717, 1.165) is 29.6 Å². The Labute approximate surface area is 145 Å². The number of fused-ring (bicyclic) bond motifs is 5. The van der Waals surface area contributed by atoms with Crippen molar-refractivity contribution >= 4 is 15.9 Å². The molecule has 0 bridgehead atoms. The van der Waals surface area contributed by atoms with Crippen molar-refractivity contribution in [1.82, 2.24) is 0 Å². The van der Waals surface area contributed by atoms with E-state index in [0.29, 0.717) is 10.8 Å². The van der Waals surface area contributed by atoms with Crippen LogP contribution in [0, 0.1) is 40.4 Å². The molecule has 0 heterocycles. The zero-order chi connectivity index (χ0) is 15.4. The highest BCUT2D eigenvalue weighted by Crippen LogP contribution is 2.67. The van der Waals surface area contributed by atoms with Gasteiger partial charge in [0.15, 0.2) is 0 Å². The number of halogens is 1. The lowest BCUT2D eigenvalue weighted by atomic mass is 9.45. The molecule has 4 rings (SSSR count). The van der Waals surface area contributed by atoms with Gasteiger partial charge in [0.1, 0.15) is 0 Å². The highest BCUT2D eigenvalue weighted by atomic mass is 79.9. The summed E-state index contributed by atoms with van der Waals surface area (Å²) >= 11 is 3.54. The minimum Gasteiger partial charge on any atom is -0.0739 e. The SMILES string of the molecule is C[C@]12CC[C@H]3[C@@H](CCC4CCCC[C@@]43C)[C@@H]1CC[C@@H]2C=CBr. The van der Waals surface area contributed by atoms with Crippen molar-refractivity contribution in [2.24, 2.45) is 40.4 Å². The smallest absolute Gasteiger partial charge is 0.0168 e. The van der Waals surface area contributed by atoms with Crippen molar-refractivity contribution in [3.05, 3.63) is 11.1 Å². The number of hydrogen-bond donors (Lipinski definition) is 0. The summed E-state index contributed by atoms with van der Waals surface area (Å²) < 4.78 is 0. The van der Waals surface area contributed by atoms with E-state index in [-0.39, 0.29) is 0 Å². The fraction of sp³-hybridized carbons (Fsp3) is 0.905. The van der Waals surface area contributed by atoms with E-state index in [4.69, 9.17) is 0 Å². The Hall–Kier alpha value is 0.220. The molecule has 0 saturated heterocycles. The summed E-state index contributed by atoms with van der Waals surface area (Å²) in [6.07, 6.45) is 17.6. The van der Waals surface area contributed by atoms with Crippen molar-refractivity contribution in [2.45, 2.75) is 78.1 Å². The lowest BCUT2D eigenvalue weighted by Crippen LogP contribution is -2.52. The maximum absolute atomic E-state index is 3.54. The van der Waals surface area contributed by atoms with Gasteiger partial charge in [-0.2, -0.15) is 0 Å². The summed E-state index contributed by atoms with van der Waals surface area (Å²) in [6, 6.07) is 0. The molecular weight excluding hydrogens is 332 g/mol. The Morgan fingerprint density at radius 2 is 1.64 bits per heavy atom. The zero-order valence-corrected chi connectivity index (χ0v) is 16.1. The maximum Gasteiger partial charge on any atom is -0.0168 e.